The van der Waals surface area contributed by atoms with Gasteiger partial charge >= 0.3 is 11.9 Å². The lowest BCUT2D eigenvalue weighted by atomic mass is 10.0. The van der Waals surface area contributed by atoms with Crippen LogP contribution in [0.4, 0.5) is 0 Å². The number of aryl methyl sites for hydroxylation is 1. The molecule has 0 aliphatic rings. The molecule has 0 radical (unpaired) electrons. The maximum absolute atomic E-state index is 12.3. The molecule has 0 atom stereocenters. The van der Waals surface area contributed by atoms with Crippen LogP contribution in [0.2, 0.25) is 0 Å². The summed E-state index contributed by atoms with van der Waals surface area (Å²) < 4.78 is 5.81. The third kappa shape index (κ3) is 7.99. The molecule has 35 heavy (non-hydrogen) atoms. The minimum atomic E-state index is -1.40. The molecular weight excluding hydrogens is 446 g/mol. The number of aromatic carboxylic acids is 2. The molecule has 0 spiro atoms. The number of carboxylic acid groups (broad SMARTS) is 2. The fourth-order valence-corrected chi connectivity index (χ4v) is 3.67. The van der Waals surface area contributed by atoms with Crippen molar-refractivity contribution in [3.63, 3.8) is 0 Å². The number of hydrogen-bond donors (Lipinski definition) is 3. The van der Waals surface area contributed by atoms with E-state index >= 15 is 0 Å². The number of carbonyl (C=O) groups is 3. The Morgan fingerprint density at radius 1 is 0.714 bits per heavy atom. The lowest BCUT2D eigenvalue weighted by Crippen LogP contribution is -2.26. The standard InChI is InChI=1S/C28H29NO6/c30-26(22-12-15-24(27(31)32)25(19-22)28(33)34)29-17-16-21-10-13-23(14-11-21)35-18-6-2-5-9-20-7-3-1-4-8-20/h1,3-4,7-8,10-15,19H,2,5-6,9,16-18H2,(H,29,30)(H,31,32)(H,33,34). The molecule has 0 bridgehead atoms. The summed E-state index contributed by atoms with van der Waals surface area (Å²) in [6.45, 7) is 1.02. The Hall–Kier alpha value is -4.13. The number of carboxylic acids is 2. The zero-order chi connectivity index (χ0) is 25.0. The number of nitrogens with one attached hydrogen (secondary N) is 1. The monoisotopic (exact) mass is 475 g/mol. The van der Waals surface area contributed by atoms with E-state index in [0.717, 1.165) is 49.1 Å². The third-order valence-corrected chi connectivity index (χ3v) is 5.59. The highest BCUT2D eigenvalue weighted by Crippen LogP contribution is 2.15. The first-order valence-corrected chi connectivity index (χ1v) is 11.6. The zero-order valence-corrected chi connectivity index (χ0v) is 19.4. The maximum atomic E-state index is 12.3. The van der Waals surface area contributed by atoms with E-state index in [-0.39, 0.29) is 11.1 Å². The molecule has 0 aliphatic carbocycles. The van der Waals surface area contributed by atoms with Crippen LogP contribution in [0.3, 0.4) is 0 Å². The summed E-state index contributed by atoms with van der Waals surface area (Å²) in [6.07, 6.45) is 4.92. The van der Waals surface area contributed by atoms with E-state index in [2.05, 4.69) is 29.6 Å². The molecule has 3 aromatic carbocycles. The minimum Gasteiger partial charge on any atom is -0.494 e. The van der Waals surface area contributed by atoms with E-state index in [1.54, 1.807) is 0 Å². The third-order valence-electron chi connectivity index (χ3n) is 5.59. The van der Waals surface area contributed by atoms with E-state index in [4.69, 9.17) is 9.84 Å². The van der Waals surface area contributed by atoms with Gasteiger partial charge in [0.05, 0.1) is 17.7 Å². The number of carbonyl (C=O) groups excluding carboxylic acids is 1. The molecule has 3 N–H and O–H groups in total. The van der Waals surface area contributed by atoms with Crippen LogP contribution in [-0.2, 0) is 12.8 Å². The average molecular weight is 476 g/mol. The van der Waals surface area contributed by atoms with Gasteiger partial charge in [-0.2, -0.15) is 0 Å². The predicted molar refractivity (Wildman–Crippen MR) is 132 cm³/mol. The molecule has 0 heterocycles. The number of hydrogen-bond acceptors (Lipinski definition) is 4. The molecule has 1 amide bonds. The van der Waals surface area contributed by atoms with Crippen LogP contribution in [0.5, 0.6) is 5.75 Å². The zero-order valence-electron chi connectivity index (χ0n) is 19.4. The topological polar surface area (TPSA) is 113 Å². The largest absolute Gasteiger partial charge is 0.494 e. The molecule has 0 saturated heterocycles. The Labute approximate surface area is 204 Å². The molecule has 7 heteroatoms. The van der Waals surface area contributed by atoms with Gasteiger partial charge in [0.1, 0.15) is 5.75 Å². The van der Waals surface area contributed by atoms with Crippen molar-refractivity contribution in [2.75, 3.05) is 13.2 Å². The molecular formula is C28H29NO6. The Bertz CT molecular complexity index is 1140. The van der Waals surface area contributed by atoms with Crippen molar-refractivity contribution in [1.82, 2.24) is 5.32 Å². The average Bonchev–Trinajstić information content (AvgIpc) is 2.87. The summed E-state index contributed by atoms with van der Waals surface area (Å²) in [6, 6.07) is 21.7. The molecule has 3 rings (SSSR count). The first-order valence-electron chi connectivity index (χ1n) is 11.6. The highest BCUT2D eigenvalue weighted by molar-refractivity contribution is 6.04. The van der Waals surface area contributed by atoms with Crippen molar-refractivity contribution < 1.29 is 29.3 Å². The van der Waals surface area contributed by atoms with Crippen molar-refractivity contribution >= 4 is 17.8 Å². The molecule has 3 aromatic rings. The van der Waals surface area contributed by atoms with Crippen molar-refractivity contribution in [2.45, 2.75) is 32.1 Å². The number of rotatable bonds is 13. The summed E-state index contributed by atoms with van der Waals surface area (Å²) in [4.78, 5) is 34.8. The SMILES string of the molecule is O=C(NCCc1ccc(OCCCCCc2ccccc2)cc1)c1ccc(C(=O)O)c(C(=O)O)c1. The van der Waals surface area contributed by atoms with Crippen LogP contribution in [0.25, 0.3) is 0 Å². The van der Waals surface area contributed by atoms with E-state index < -0.39 is 23.4 Å². The highest BCUT2D eigenvalue weighted by atomic mass is 16.5. The second-order valence-corrected chi connectivity index (χ2v) is 8.17. The van der Waals surface area contributed by atoms with Gasteiger partial charge in [0.2, 0.25) is 0 Å². The van der Waals surface area contributed by atoms with Crippen LogP contribution >= 0.6 is 0 Å². The Morgan fingerprint density at radius 2 is 1.40 bits per heavy atom. The van der Waals surface area contributed by atoms with Crippen molar-refractivity contribution in [3.8, 4) is 5.75 Å². The molecule has 0 unspecified atom stereocenters. The summed E-state index contributed by atoms with van der Waals surface area (Å²) in [7, 11) is 0. The van der Waals surface area contributed by atoms with Gasteiger partial charge in [0, 0.05) is 12.1 Å². The van der Waals surface area contributed by atoms with Crippen molar-refractivity contribution in [3.05, 3.63) is 101 Å². The summed E-state index contributed by atoms with van der Waals surface area (Å²) >= 11 is 0. The van der Waals surface area contributed by atoms with Crippen LogP contribution in [0.1, 0.15) is 61.5 Å². The van der Waals surface area contributed by atoms with E-state index in [9.17, 15) is 19.5 Å². The van der Waals surface area contributed by atoms with Crippen LogP contribution in [0, 0.1) is 0 Å². The normalized spacial score (nSPS) is 10.5. The van der Waals surface area contributed by atoms with Gasteiger partial charge in [-0.1, -0.05) is 42.5 Å². The smallest absolute Gasteiger partial charge is 0.336 e. The lowest BCUT2D eigenvalue weighted by Gasteiger charge is -2.09. The highest BCUT2D eigenvalue weighted by Gasteiger charge is 2.18. The van der Waals surface area contributed by atoms with E-state index in [1.807, 2.05) is 30.3 Å². The van der Waals surface area contributed by atoms with Gasteiger partial charge in [-0.3, -0.25) is 4.79 Å². The fourth-order valence-electron chi connectivity index (χ4n) is 3.67. The lowest BCUT2D eigenvalue weighted by molar-refractivity contribution is 0.0651. The first kappa shape index (κ1) is 25.5. The van der Waals surface area contributed by atoms with Gasteiger partial charge < -0.3 is 20.3 Å². The number of amides is 1. The minimum absolute atomic E-state index is 0.0971. The molecule has 0 aliphatic heterocycles. The summed E-state index contributed by atoms with van der Waals surface area (Å²) in [5.41, 5.74) is 1.70. The summed E-state index contributed by atoms with van der Waals surface area (Å²) in [5.74, 6) is -2.41. The second-order valence-electron chi connectivity index (χ2n) is 8.17. The van der Waals surface area contributed by atoms with Gasteiger partial charge in [-0.05, 0) is 73.6 Å². The van der Waals surface area contributed by atoms with Gasteiger partial charge in [0.25, 0.3) is 5.91 Å². The van der Waals surface area contributed by atoms with Gasteiger partial charge in [-0.15, -0.1) is 0 Å². The Morgan fingerprint density at radius 3 is 2.09 bits per heavy atom. The Balaban J connectivity index is 1.37. The molecule has 0 fully saturated rings. The molecule has 0 aromatic heterocycles. The quantitative estimate of drug-likeness (QED) is 0.305. The fraction of sp³-hybridized carbons (Fsp3) is 0.250. The molecule has 0 saturated carbocycles. The maximum Gasteiger partial charge on any atom is 0.336 e. The van der Waals surface area contributed by atoms with Gasteiger partial charge in [-0.25, -0.2) is 9.59 Å². The summed E-state index contributed by atoms with van der Waals surface area (Å²) in [5, 5.41) is 21.0. The van der Waals surface area contributed by atoms with Crippen molar-refractivity contribution in [1.29, 1.82) is 0 Å². The van der Waals surface area contributed by atoms with Crippen LogP contribution in [-0.4, -0.2) is 41.2 Å². The van der Waals surface area contributed by atoms with Crippen LogP contribution < -0.4 is 10.1 Å². The second kappa shape index (κ2) is 12.9. The van der Waals surface area contributed by atoms with Crippen molar-refractivity contribution in [2.24, 2.45) is 0 Å². The predicted octanol–water partition coefficient (Wildman–Crippen LogP) is 4.85. The van der Waals surface area contributed by atoms with E-state index in [1.165, 1.54) is 11.6 Å². The molecule has 182 valence electrons. The number of ether oxygens (including phenoxy) is 1. The number of unbranched alkanes of at least 4 members (excludes halogenated alkanes) is 2. The Kier molecular flexibility index (Phi) is 9.42. The van der Waals surface area contributed by atoms with Gasteiger partial charge in [0.15, 0.2) is 0 Å². The number of benzene rings is 3. The van der Waals surface area contributed by atoms with Crippen LogP contribution in [0.15, 0.2) is 72.8 Å². The first-order chi connectivity index (χ1) is 16.9. The molecule has 7 nitrogen and oxygen atoms in total. The van der Waals surface area contributed by atoms with E-state index in [0.29, 0.717) is 19.6 Å².